The number of halogens is 2. The Morgan fingerprint density at radius 3 is 2.26 bits per heavy atom. The predicted octanol–water partition coefficient (Wildman–Crippen LogP) is 4.71. The highest BCUT2D eigenvalue weighted by molar-refractivity contribution is 5.94. The molecule has 0 saturated heterocycles. The van der Waals surface area contributed by atoms with E-state index in [9.17, 15) is 23.8 Å². The first-order valence-corrected chi connectivity index (χ1v) is 12.8. The lowest BCUT2D eigenvalue weighted by Gasteiger charge is -2.29. The van der Waals surface area contributed by atoms with E-state index >= 15 is 0 Å². The van der Waals surface area contributed by atoms with Crippen molar-refractivity contribution in [2.45, 2.75) is 59.1 Å². The maximum atomic E-state index is 13.8. The van der Waals surface area contributed by atoms with Crippen LogP contribution in [0.4, 0.5) is 8.78 Å². The summed E-state index contributed by atoms with van der Waals surface area (Å²) in [7, 11) is 0. The van der Waals surface area contributed by atoms with E-state index in [1.54, 1.807) is 6.07 Å². The van der Waals surface area contributed by atoms with Gasteiger partial charge in [0.25, 0.3) is 5.91 Å². The molecule has 1 heterocycles. The quantitative estimate of drug-likeness (QED) is 0.291. The first kappa shape index (κ1) is 29.2. The number of hydrogen-bond donors (Lipinski definition) is 4. The average Bonchev–Trinajstić information content (AvgIpc) is 2.82. The molecule has 3 aromatic rings. The standard InChI is InChI=1S/C30H37F2N3O3/c1-5-20-7-6-8-21(11-20)17-33-18-30(38,15-22-12-23(31)14-24(32)13-22)19-34-28(37)27-26(36)10-9-25(35-27)16-29(2,3)4/h6-14,33,36,38H,5,15-19H2,1-4H3,(H,34,37)/t30-/m1/s1. The molecule has 1 amide bonds. The van der Waals surface area contributed by atoms with Crippen LogP contribution < -0.4 is 10.6 Å². The summed E-state index contributed by atoms with van der Waals surface area (Å²) in [5, 5.41) is 27.6. The van der Waals surface area contributed by atoms with Crippen LogP contribution in [0.3, 0.4) is 0 Å². The Morgan fingerprint density at radius 1 is 0.921 bits per heavy atom. The number of aromatic nitrogens is 1. The second-order valence-electron chi connectivity index (χ2n) is 11.0. The number of aromatic hydroxyl groups is 1. The van der Waals surface area contributed by atoms with Crippen LogP contribution in [0.25, 0.3) is 0 Å². The van der Waals surface area contributed by atoms with Crippen LogP contribution in [0, 0.1) is 17.0 Å². The summed E-state index contributed by atoms with van der Waals surface area (Å²) in [4.78, 5) is 17.3. The van der Waals surface area contributed by atoms with Crippen molar-refractivity contribution in [2.24, 2.45) is 5.41 Å². The van der Waals surface area contributed by atoms with E-state index in [-0.39, 0.29) is 41.9 Å². The fraction of sp³-hybridized carbons (Fsp3) is 0.400. The third-order valence-corrected chi connectivity index (χ3v) is 6.07. The summed E-state index contributed by atoms with van der Waals surface area (Å²) in [6.07, 6.45) is 1.38. The molecule has 0 saturated carbocycles. The number of carbonyl (C=O) groups excluding carboxylic acids is 1. The van der Waals surface area contributed by atoms with Crippen molar-refractivity contribution in [1.29, 1.82) is 0 Å². The third-order valence-electron chi connectivity index (χ3n) is 6.07. The molecule has 0 radical (unpaired) electrons. The molecule has 3 rings (SSSR count). The van der Waals surface area contributed by atoms with E-state index in [0.717, 1.165) is 30.2 Å². The maximum Gasteiger partial charge on any atom is 0.273 e. The van der Waals surface area contributed by atoms with Crippen molar-refractivity contribution >= 4 is 5.91 Å². The summed E-state index contributed by atoms with van der Waals surface area (Å²) in [6, 6.07) is 14.2. The minimum Gasteiger partial charge on any atom is -0.505 e. The summed E-state index contributed by atoms with van der Waals surface area (Å²) >= 11 is 0. The number of rotatable bonds is 11. The number of nitrogens with one attached hydrogen (secondary N) is 2. The predicted molar refractivity (Wildman–Crippen MR) is 144 cm³/mol. The monoisotopic (exact) mass is 525 g/mol. The number of aliphatic hydroxyl groups is 1. The number of benzene rings is 2. The van der Waals surface area contributed by atoms with Crippen LogP contribution >= 0.6 is 0 Å². The Morgan fingerprint density at radius 2 is 1.61 bits per heavy atom. The molecule has 38 heavy (non-hydrogen) atoms. The van der Waals surface area contributed by atoms with Crippen LogP contribution in [-0.2, 0) is 25.8 Å². The molecule has 6 nitrogen and oxygen atoms in total. The Balaban J connectivity index is 1.76. The van der Waals surface area contributed by atoms with Gasteiger partial charge in [-0.05, 0) is 59.2 Å². The smallest absolute Gasteiger partial charge is 0.273 e. The van der Waals surface area contributed by atoms with Crippen LogP contribution in [0.15, 0.2) is 54.6 Å². The van der Waals surface area contributed by atoms with Crippen molar-refractivity contribution in [3.63, 3.8) is 0 Å². The van der Waals surface area contributed by atoms with Gasteiger partial charge in [0, 0.05) is 37.8 Å². The molecule has 0 aliphatic rings. The Hall–Kier alpha value is -3.36. The molecule has 0 bridgehead atoms. The van der Waals surface area contributed by atoms with Gasteiger partial charge in [0.1, 0.15) is 17.4 Å². The van der Waals surface area contributed by atoms with Crippen LogP contribution in [-0.4, -0.2) is 39.8 Å². The summed E-state index contributed by atoms with van der Waals surface area (Å²) < 4.78 is 27.7. The fourth-order valence-electron chi connectivity index (χ4n) is 4.31. The summed E-state index contributed by atoms with van der Waals surface area (Å²) in [5.41, 5.74) is 1.32. The number of carbonyl (C=O) groups is 1. The number of pyridine rings is 1. The molecular formula is C30H37F2N3O3. The molecule has 0 spiro atoms. The minimum absolute atomic E-state index is 0.0330. The zero-order chi connectivity index (χ0) is 27.9. The van der Waals surface area contributed by atoms with Gasteiger partial charge in [-0.2, -0.15) is 0 Å². The third kappa shape index (κ3) is 8.89. The molecule has 204 valence electrons. The molecule has 8 heteroatoms. The molecule has 2 aromatic carbocycles. The highest BCUT2D eigenvalue weighted by Crippen LogP contribution is 2.23. The average molecular weight is 526 g/mol. The zero-order valence-corrected chi connectivity index (χ0v) is 22.4. The highest BCUT2D eigenvalue weighted by Gasteiger charge is 2.29. The number of amides is 1. The van der Waals surface area contributed by atoms with Gasteiger partial charge >= 0.3 is 0 Å². The van der Waals surface area contributed by atoms with E-state index in [0.29, 0.717) is 18.7 Å². The van der Waals surface area contributed by atoms with Crippen molar-refractivity contribution in [3.8, 4) is 5.75 Å². The van der Waals surface area contributed by atoms with E-state index in [4.69, 9.17) is 0 Å². The van der Waals surface area contributed by atoms with Gasteiger partial charge in [0.05, 0.1) is 5.60 Å². The van der Waals surface area contributed by atoms with E-state index in [2.05, 4.69) is 28.6 Å². The fourth-order valence-corrected chi connectivity index (χ4v) is 4.31. The Bertz CT molecular complexity index is 1240. The van der Waals surface area contributed by atoms with Crippen LogP contribution in [0.1, 0.15) is 60.6 Å². The molecule has 4 N–H and O–H groups in total. The molecule has 0 unspecified atom stereocenters. The summed E-state index contributed by atoms with van der Waals surface area (Å²) in [6.45, 7) is 8.45. The summed E-state index contributed by atoms with van der Waals surface area (Å²) in [5.74, 6) is -2.43. The van der Waals surface area contributed by atoms with Crippen molar-refractivity contribution in [3.05, 3.63) is 94.3 Å². The van der Waals surface area contributed by atoms with E-state index < -0.39 is 23.1 Å². The van der Waals surface area contributed by atoms with Crippen molar-refractivity contribution < 1.29 is 23.8 Å². The molecular weight excluding hydrogens is 488 g/mol. The molecule has 0 fully saturated rings. The lowest BCUT2D eigenvalue weighted by Crippen LogP contribution is -2.51. The van der Waals surface area contributed by atoms with E-state index in [1.165, 1.54) is 11.6 Å². The molecule has 1 aromatic heterocycles. The molecule has 0 aliphatic heterocycles. The van der Waals surface area contributed by atoms with Gasteiger partial charge in [-0.15, -0.1) is 0 Å². The Labute approximate surface area is 223 Å². The zero-order valence-electron chi connectivity index (χ0n) is 22.4. The van der Waals surface area contributed by atoms with Gasteiger partial charge in [-0.25, -0.2) is 13.8 Å². The van der Waals surface area contributed by atoms with Gasteiger partial charge < -0.3 is 20.8 Å². The van der Waals surface area contributed by atoms with Crippen LogP contribution in [0.2, 0.25) is 0 Å². The van der Waals surface area contributed by atoms with Crippen LogP contribution in [0.5, 0.6) is 5.75 Å². The first-order valence-electron chi connectivity index (χ1n) is 12.8. The first-order chi connectivity index (χ1) is 17.9. The van der Waals surface area contributed by atoms with E-state index in [1.807, 2.05) is 39.0 Å². The Kier molecular flexibility index (Phi) is 9.57. The molecule has 0 aliphatic carbocycles. The SMILES string of the molecule is CCc1cccc(CNC[C@@](O)(CNC(=O)c2nc(CC(C)(C)C)ccc2O)Cc2cc(F)cc(F)c2)c1. The highest BCUT2D eigenvalue weighted by atomic mass is 19.1. The second kappa shape index (κ2) is 12.5. The lowest BCUT2D eigenvalue weighted by molar-refractivity contribution is 0.0381. The number of aryl methyl sites for hydroxylation is 1. The maximum absolute atomic E-state index is 13.8. The number of hydrogen-bond acceptors (Lipinski definition) is 5. The number of nitrogens with zero attached hydrogens (tertiary/aromatic N) is 1. The van der Waals surface area contributed by atoms with Crippen molar-refractivity contribution in [1.82, 2.24) is 15.6 Å². The largest absolute Gasteiger partial charge is 0.505 e. The normalized spacial score (nSPS) is 13.2. The van der Waals surface area contributed by atoms with Gasteiger partial charge in [0.2, 0.25) is 0 Å². The lowest BCUT2D eigenvalue weighted by atomic mass is 9.90. The van der Waals surface area contributed by atoms with Gasteiger partial charge in [0.15, 0.2) is 5.69 Å². The minimum atomic E-state index is -1.59. The molecule has 1 atom stereocenters. The van der Waals surface area contributed by atoms with Gasteiger partial charge in [-0.3, -0.25) is 4.79 Å². The second-order valence-corrected chi connectivity index (χ2v) is 11.0. The van der Waals surface area contributed by atoms with Gasteiger partial charge in [-0.1, -0.05) is 52.0 Å². The van der Waals surface area contributed by atoms with Crippen molar-refractivity contribution in [2.75, 3.05) is 13.1 Å². The topological polar surface area (TPSA) is 94.5 Å².